The third-order valence-corrected chi connectivity index (χ3v) is 4.13. The number of nitrogens with zero attached hydrogens (tertiary/aromatic N) is 5. The summed E-state index contributed by atoms with van der Waals surface area (Å²) >= 11 is 0. The number of anilines is 1. The van der Waals surface area contributed by atoms with Crippen molar-refractivity contribution in [3.05, 3.63) is 64.8 Å². The first-order chi connectivity index (χ1) is 12.6. The first-order valence-electron chi connectivity index (χ1n) is 8.48. The summed E-state index contributed by atoms with van der Waals surface area (Å²) in [4.78, 5) is 19.0. The van der Waals surface area contributed by atoms with Crippen molar-refractivity contribution in [3.63, 3.8) is 0 Å². The van der Waals surface area contributed by atoms with E-state index in [0.717, 1.165) is 23.9 Å². The second-order valence-electron chi connectivity index (χ2n) is 6.51. The van der Waals surface area contributed by atoms with Crippen molar-refractivity contribution in [2.24, 2.45) is 11.0 Å². The van der Waals surface area contributed by atoms with Crippen LogP contribution in [-0.4, -0.2) is 15.5 Å². The van der Waals surface area contributed by atoms with E-state index in [0.29, 0.717) is 17.2 Å². The number of aryl methyl sites for hydroxylation is 1. The van der Waals surface area contributed by atoms with Gasteiger partial charge in [0.05, 0.1) is 0 Å². The molecule has 1 amide bonds. The summed E-state index contributed by atoms with van der Waals surface area (Å²) in [5, 5.41) is 7.36. The minimum atomic E-state index is -0.277. The van der Waals surface area contributed by atoms with E-state index in [9.17, 15) is 4.79 Å². The molecule has 3 aromatic rings. The highest BCUT2D eigenvalue weighted by Crippen LogP contribution is 2.22. The van der Waals surface area contributed by atoms with Gasteiger partial charge >= 0.3 is 0 Å². The zero-order chi connectivity index (χ0) is 18.5. The number of nitrogens with one attached hydrogen (secondary N) is 1. The van der Waals surface area contributed by atoms with Crippen molar-refractivity contribution < 1.29 is 4.79 Å². The van der Waals surface area contributed by atoms with Crippen LogP contribution in [-0.2, 0) is 6.54 Å². The number of carbonyl (C=O) groups excluding carboxylic acids is 1. The fourth-order valence-corrected chi connectivity index (χ4v) is 2.73. The van der Waals surface area contributed by atoms with Crippen LogP contribution in [0.4, 0.5) is 11.5 Å². The number of carbonyl (C=O) groups is 1. The van der Waals surface area contributed by atoms with E-state index < -0.39 is 0 Å². The third-order valence-electron chi connectivity index (χ3n) is 4.13. The van der Waals surface area contributed by atoms with Gasteiger partial charge in [-0.1, -0.05) is 13.8 Å². The topological polar surface area (TPSA) is 95.7 Å². The van der Waals surface area contributed by atoms with E-state index in [1.54, 1.807) is 6.07 Å². The standard InChI is InChI=1S/C19H20N6O/c1-13(2)6-9-25-10-7-14-11-16(3-4-17(14)25)22-19(26)15-5-8-21-18(12-15)23-24-20/h3-5,7-8,10-13H,6,9H2,1-2H3,(H,22,26). The van der Waals surface area contributed by atoms with Gasteiger partial charge < -0.3 is 9.88 Å². The number of amides is 1. The van der Waals surface area contributed by atoms with Crippen molar-refractivity contribution in [2.75, 3.05) is 5.32 Å². The Bertz CT molecular complexity index is 985. The molecule has 0 aliphatic heterocycles. The van der Waals surface area contributed by atoms with Crippen LogP contribution < -0.4 is 5.32 Å². The minimum Gasteiger partial charge on any atom is -0.347 e. The van der Waals surface area contributed by atoms with Crippen LogP contribution in [0.3, 0.4) is 0 Å². The Balaban J connectivity index is 1.77. The molecule has 7 nitrogen and oxygen atoms in total. The number of fused-ring (bicyclic) bond motifs is 1. The maximum absolute atomic E-state index is 12.4. The lowest BCUT2D eigenvalue weighted by molar-refractivity contribution is 0.102. The molecule has 0 saturated carbocycles. The summed E-state index contributed by atoms with van der Waals surface area (Å²) in [6.07, 6.45) is 4.64. The third kappa shape index (κ3) is 4.02. The molecule has 0 bridgehead atoms. The van der Waals surface area contributed by atoms with Crippen LogP contribution in [0.2, 0.25) is 0 Å². The Labute approximate surface area is 151 Å². The summed E-state index contributed by atoms with van der Waals surface area (Å²) in [6, 6.07) is 10.9. The monoisotopic (exact) mass is 348 g/mol. The molecular weight excluding hydrogens is 328 g/mol. The van der Waals surface area contributed by atoms with Gasteiger partial charge in [0.15, 0.2) is 0 Å². The first-order valence-corrected chi connectivity index (χ1v) is 8.48. The number of hydrogen-bond acceptors (Lipinski definition) is 3. The van der Waals surface area contributed by atoms with Crippen molar-refractivity contribution >= 4 is 28.3 Å². The largest absolute Gasteiger partial charge is 0.347 e. The molecule has 26 heavy (non-hydrogen) atoms. The lowest BCUT2D eigenvalue weighted by Gasteiger charge is -2.09. The summed E-state index contributed by atoms with van der Waals surface area (Å²) in [6.45, 7) is 5.41. The van der Waals surface area contributed by atoms with Crippen LogP contribution in [0.1, 0.15) is 30.6 Å². The molecule has 0 saturated heterocycles. The predicted octanol–water partition coefficient (Wildman–Crippen LogP) is 5.28. The molecule has 0 spiro atoms. The maximum atomic E-state index is 12.4. The number of aromatic nitrogens is 2. The highest BCUT2D eigenvalue weighted by molar-refractivity contribution is 6.05. The molecule has 132 valence electrons. The van der Waals surface area contributed by atoms with Crippen molar-refractivity contribution in [1.82, 2.24) is 9.55 Å². The van der Waals surface area contributed by atoms with Crippen molar-refractivity contribution in [1.29, 1.82) is 0 Å². The Kier molecular flexibility index (Phi) is 5.20. The summed E-state index contributed by atoms with van der Waals surface area (Å²) in [5.41, 5.74) is 10.7. The minimum absolute atomic E-state index is 0.165. The van der Waals surface area contributed by atoms with Crippen LogP contribution in [0.5, 0.6) is 0 Å². The van der Waals surface area contributed by atoms with E-state index in [4.69, 9.17) is 5.53 Å². The van der Waals surface area contributed by atoms with E-state index in [-0.39, 0.29) is 11.7 Å². The molecule has 0 fully saturated rings. The van der Waals surface area contributed by atoms with Crippen LogP contribution >= 0.6 is 0 Å². The lowest BCUT2D eigenvalue weighted by Crippen LogP contribution is -2.11. The van der Waals surface area contributed by atoms with Gasteiger partial charge in [0, 0.05) is 46.0 Å². The van der Waals surface area contributed by atoms with Gasteiger partial charge in [-0.15, -0.1) is 0 Å². The average molecular weight is 348 g/mol. The molecule has 0 unspecified atom stereocenters. The van der Waals surface area contributed by atoms with Gasteiger partial charge in [0.1, 0.15) is 5.82 Å². The smallest absolute Gasteiger partial charge is 0.255 e. The van der Waals surface area contributed by atoms with Gasteiger partial charge in [0.2, 0.25) is 0 Å². The normalized spacial score (nSPS) is 10.7. The fraction of sp³-hybridized carbons (Fsp3) is 0.263. The zero-order valence-electron chi connectivity index (χ0n) is 14.8. The molecule has 0 radical (unpaired) electrons. The van der Waals surface area contributed by atoms with Gasteiger partial charge in [-0.05, 0) is 59.4 Å². The Morgan fingerprint density at radius 1 is 1.31 bits per heavy atom. The van der Waals surface area contributed by atoms with Gasteiger partial charge in [0.25, 0.3) is 5.91 Å². The van der Waals surface area contributed by atoms with Gasteiger partial charge in [-0.3, -0.25) is 9.78 Å². The zero-order valence-corrected chi connectivity index (χ0v) is 14.8. The second kappa shape index (κ2) is 7.72. The SMILES string of the molecule is CC(C)CCn1ccc2cc(NC(=O)c3ccnc(N=[N+]=[N-])c3)ccc21. The van der Waals surface area contributed by atoms with E-state index in [1.807, 2.05) is 18.2 Å². The van der Waals surface area contributed by atoms with Crippen molar-refractivity contribution in [2.45, 2.75) is 26.8 Å². The number of benzene rings is 1. The molecule has 2 heterocycles. The number of rotatable bonds is 6. The molecule has 2 aromatic heterocycles. The first kappa shape index (κ1) is 17.5. The van der Waals surface area contributed by atoms with E-state index in [2.05, 4.69) is 51.0 Å². The van der Waals surface area contributed by atoms with E-state index in [1.165, 1.54) is 12.3 Å². The number of azide groups is 1. The molecule has 3 rings (SSSR count). The highest BCUT2D eigenvalue weighted by Gasteiger charge is 2.09. The number of hydrogen-bond donors (Lipinski definition) is 1. The fourth-order valence-electron chi connectivity index (χ4n) is 2.73. The molecule has 0 aliphatic rings. The van der Waals surface area contributed by atoms with Gasteiger partial charge in [-0.2, -0.15) is 0 Å². The molecule has 0 aliphatic carbocycles. The van der Waals surface area contributed by atoms with Gasteiger partial charge in [-0.25, -0.2) is 0 Å². The quantitative estimate of drug-likeness (QED) is 0.373. The molecule has 0 atom stereocenters. The summed E-state index contributed by atoms with van der Waals surface area (Å²) in [5.74, 6) is 0.542. The van der Waals surface area contributed by atoms with Crippen LogP contribution in [0.15, 0.2) is 53.9 Å². The van der Waals surface area contributed by atoms with E-state index >= 15 is 0 Å². The second-order valence-corrected chi connectivity index (χ2v) is 6.51. The predicted molar refractivity (Wildman–Crippen MR) is 102 cm³/mol. The Morgan fingerprint density at radius 3 is 2.92 bits per heavy atom. The summed E-state index contributed by atoms with van der Waals surface area (Å²) in [7, 11) is 0. The summed E-state index contributed by atoms with van der Waals surface area (Å²) < 4.78 is 2.23. The lowest BCUT2D eigenvalue weighted by atomic mass is 10.1. The Hall–Kier alpha value is -3.31. The molecule has 1 N–H and O–H groups in total. The number of pyridine rings is 1. The van der Waals surface area contributed by atoms with Crippen LogP contribution in [0, 0.1) is 5.92 Å². The maximum Gasteiger partial charge on any atom is 0.255 e. The molecular formula is C19H20N6O. The van der Waals surface area contributed by atoms with Crippen LogP contribution in [0.25, 0.3) is 21.3 Å². The highest BCUT2D eigenvalue weighted by atomic mass is 16.1. The average Bonchev–Trinajstić information content (AvgIpc) is 3.03. The Morgan fingerprint density at radius 2 is 2.15 bits per heavy atom. The van der Waals surface area contributed by atoms with Crippen molar-refractivity contribution in [3.8, 4) is 0 Å². The molecule has 7 heteroatoms. The molecule has 1 aromatic carbocycles.